The molecule has 1 aliphatic carbocycles. The zero-order valence-electron chi connectivity index (χ0n) is 11.2. The van der Waals surface area contributed by atoms with Crippen LogP contribution in [-0.4, -0.2) is 4.98 Å². The Morgan fingerprint density at radius 1 is 1.30 bits per heavy atom. The molecule has 0 unspecified atom stereocenters. The minimum Gasteiger partial charge on any atom is -0.339 e. The standard InChI is InChI=1S/C16H14ClN3/c1-10-5-6-13(17)8-15(10)20-16-12(9-18)7-11-3-2-4-14(11)19-16/h5-8H,2-4H2,1H3,(H,19,20). The molecule has 1 aromatic carbocycles. The molecular formula is C16H14ClN3. The molecule has 0 aliphatic heterocycles. The molecule has 0 radical (unpaired) electrons. The third-order valence-electron chi connectivity index (χ3n) is 3.62. The summed E-state index contributed by atoms with van der Waals surface area (Å²) < 4.78 is 0. The molecule has 3 rings (SSSR count). The summed E-state index contributed by atoms with van der Waals surface area (Å²) >= 11 is 6.03. The van der Waals surface area contributed by atoms with Gasteiger partial charge in [0.05, 0.1) is 5.56 Å². The predicted octanol–water partition coefficient (Wildman–Crippen LogP) is 4.15. The number of nitrogens with zero attached hydrogens (tertiary/aromatic N) is 2. The van der Waals surface area contributed by atoms with E-state index >= 15 is 0 Å². The number of pyridine rings is 1. The molecule has 2 aromatic rings. The molecule has 3 nitrogen and oxygen atoms in total. The number of rotatable bonds is 2. The van der Waals surface area contributed by atoms with Crippen molar-refractivity contribution >= 4 is 23.1 Å². The Morgan fingerprint density at radius 2 is 2.15 bits per heavy atom. The second-order valence-electron chi connectivity index (χ2n) is 5.04. The monoisotopic (exact) mass is 283 g/mol. The number of aromatic nitrogens is 1. The van der Waals surface area contributed by atoms with Crippen molar-refractivity contribution in [3.63, 3.8) is 0 Å². The summed E-state index contributed by atoms with van der Waals surface area (Å²) in [6.45, 7) is 2.00. The van der Waals surface area contributed by atoms with Gasteiger partial charge in [0.15, 0.2) is 0 Å². The molecule has 0 amide bonds. The largest absolute Gasteiger partial charge is 0.339 e. The highest BCUT2D eigenvalue weighted by atomic mass is 35.5. The van der Waals surface area contributed by atoms with Crippen molar-refractivity contribution in [2.75, 3.05) is 5.32 Å². The Labute approximate surface area is 123 Å². The fourth-order valence-corrected chi connectivity index (χ4v) is 2.68. The summed E-state index contributed by atoms with van der Waals surface area (Å²) in [5.74, 6) is 0.624. The van der Waals surface area contributed by atoms with Gasteiger partial charge in [0.25, 0.3) is 0 Å². The van der Waals surface area contributed by atoms with E-state index in [2.05, 4.69) is 16.4 Å². The van der Waals surface area contributed by atoms with E-state index in [-0.39, 0.29) is 0 Å². The number of benzene rings is 1. The van der Waals surface area contributed by atoms with E-state index in [1.165, 1.54) is 5.56 Å². The van der Waals surface area contributed by atoms with E-state index in [0.717, 1.165) is 36.2 Å². The molecule has 0 atom stereocenters. The van der Waals surface area contributed by atoms with Gasteiger partial charge < -0.3 is 5.32 Å². The van der Waals surface area contributed by atoms with Gasteiger partial charge >= 0.3 is 0 Å². The van der Waals surface area contributed by atoms with E-state index in [1.807, 2.05) is 31.2 Å². The number of anilines is 2. The number of nitriles is 1. The fraction of sp³-hybridized carbons (Fsp3) is 0.250. The topological polar surface area (TPSA) is 48.7 Å². The van der Waals surface area contributed by atoms with Crippen LogP contribution in [0.1, 0.15) is 28.8 Å². The Balaban J connectivity index is 2.02. The Hall–Kier alpha value is -2.05. The van der Waals surface area contributed by atoms with Crippen LogP contribution in [0, 0.1) is 18.3 Å². The minimum atomic E-state index is 0.588. The molecule has 1 N–H and O–H groups in total. The van der Waals surface area contributed by atoms with Crippen LogP contribution in [-0.2, 0) is 12.8 Å². The van der Waals surface area contributed by atoms with Gasteiger partial charge in [0, 0.05) is 16.4 Å². The lowest BCUT2D eigenvalue weighted by atomic mass is 10.1. The predicted molar refractivity (Wildman–Crippen MR) is 80.4 cm³/mol. The lowest BCUT2D eigenvalue weighted by molar-refractivity contribution is 0.900. The summed E-state index contributed by atoms with van der Waals surface area (Å²) in [6.07, 6.45) is 3.13. The highest BCUT2D eigenvalue weighted by Crippen LogP contribution is 2.29. The maximum atomic E-state index is 9.30. The van der Waals surface area contributed by atoms with Crippen LogP contribution in [0.4, 0.5) is 11.5 Å². The maximum Gasteiger partial charge on any atom is 0.148 e. The number of nitrogens with one attached hydrogen (secondary N) is 1. The fourth-order valence-electron chi connectivity index (χ4n) is 2.51. The first-order valence-corrected chi connectivity index (χ1v) is 7.01. The SMILES string of the molecule is Cc1ccc(Cl)cc1Nc1nc2c(cc1C#N)CCC2. The third-order valence-corrected chi connectivity index (χ3v) is 3.86. The van der Waals surface area contributed by atoms with Crippen LogP contribution in [0.25, 0.3) is 0 Å². The van der Waals surface area contributed by atoms with Crippen LogP contribution >= 0.6 is 11.6 Å². The second kappa shape index (κ2) is 5.15. The lowest BCUT2D eigenvalue weighted by Gasteiger charge is -2.12. The average molecular weight is 284 g/mol. The lowest BCUT2D eigenvalue weighted by Crippen LogP contribution is -2.02. The molecule has 0 fully saturated rings. The third kappa shape index (κ3) is 2.35. The molecule has 0 saturated heterocycles. The Morgan fingerprint density at radius 3 is 2.95 bits per heavy atom. The Bertz CT molecular complexity index is 716. The molecule has 0 spiro atoms. The van der Waals surface area contributed by atoms with Gasteiger partial charge in [-0.1, -0.05) is 17.7 Å². The first-order chi connectivity index (χ1) is 9.67. The highest BCUT2D eigenvalue weighted by molar-refractivity contribution is 6.30. The van der Waals surface area contributed by atoms with Crippen LogP contribution in [0.3, 0.4) is 0 Å². The molecule has 0 saturated carbocycles. The summed E-state index contributed by atoms with van der Waals surface area (Å²) in [4.78, 5) is 4.61. The van der Waals surface area contributed by atoms with Crippen molar-refractivity contribution < 1.29 is 0 Å². The zero-order chi connectivity index (χ0) is 14.1. The smallest absolute Gasteiger partial charge is 0.148 e. The van der Waals surface area contributed by atoms with Crippen LogP contribution < -0.4 is 5.32 Å². The van der Waals surface area contributed by atoms with Gasteiger partial charge in [-0.2, -0.15) is 5.26 Å². The van der Waals surface area contributed by atoms with Crippen LogP contribution in [0.2, 0.25) is 5.02 Å². The second-order valence-corrected chi connectivity index (χ2v) is 5.48. The summed E-state index contributed by atoms with van der Waals surface area (Å²) in [5, 5.41) is 13.2. The Kier molecular flexibility index (Phi) is 3.33. The van der Waals surface area contributed by atoms with E-state index in [4.69, 9.17) is 11.6 Å². The number of aryl methyl sites for hydroxylation is 3. The van der Waals surface area contributed by atoms with Crippen molar-refractivity contribution in [3.05, 3.63) is 51.7 Å². The van der Waals surface area contributed by atoms with Gasteiger partial charge in [0.2, 0.25) is 0 Å². The number of hydrogen-bond acceptors (Lipinski definition) is 3. The molecule has 20 heavy (non-hydrogen) atoms. The number of fused-ring (bicyclic) bond motifs is 1. The van der Waals surface area contributed by atoms with Crippen molar-refractivity contribution in [1.29, 1.82) is 5.26 Å². The first-order valence-electron chi connectivity index (χ1n) is 6.63. The first kappa shape index (κ1) is 13.0. The van der Waals surface area contributed by atoms with Gasteiger partial charge in [-0.05, 0) is 55.5 Å². The van der Waals surface area contributed by atoms with Gasteiger partial charge in [-0.15, -0.1) is 0 Å². The summed E-state index contributed by atoms with van der Waals surface area (Å²) in [7, 11) is 0. The van der Waals surface area contributed by atoms with E-state index in [0.29, 0.717) is 16.4 Å². The van der Waals surface area contributed by atoms with Crippen LogP contribution in [0.15, 0.2) is 24.3 Å². The normalized spacial score (nSPS) is 12.8. The quantitative estimate of drug-likeness (QED) is 0.901. The maximum absolute atomic E-state index is 9.30. The van der Waals surface area contributed by atoms with E-state index in [9.17, 15) is 5.26 Å². The summed E-state index contributed by atoms with van der Waals surface area (Å²) in [6, 6.07) is 9.83. The van der Waals surface area contributed by atoms with Gasteiger partial charge in [0.1, 0.15) is 11.9 Å². The van der Waals surface area contributed by atoms with Gasteiger partial charge in [-0.3, -0.25) is 0 Å². The van der Waals surface area contributed by atoms with Crippen molar-refractivity contribution in [2.45, 2.75) is 26.2 Å². The molecule has 1 heterocycles. The summed E-state index contributed by atoms with van der Waals surface area (Å²) in [5.41, 5.74) is 4.85. The van der Waals surface area contributed by atoms with Crippen molar-refractivity contribution in [3.8, 4) is 6.07 Å². The van der Waals surface area contributed by atoms with Crippen molar-refractivity contribution in [1.82, 2.24) is 4.98 Å². The minimum absolute atomic E-state index is 0.588. The van der Waals surface area contributed by atoms with E-state index in [1.54, 1.807) is 0 Å². The molecule has 100 valence electrons. The van der Waals surface area contributed by atoms with Gasteiger partial charge in [-0.25, -0.2) is 4.98 Å². The van der Waals surface area contributed by atoms with Crippen LogP contribution in [0.5, 0.6) is 0 Å². The molecular weight excluding hydrogens is 270 g/mol. The number of halogens is 1. The molecule has 4 heteroatoms. The van der Waals surface area contributed by atoms with E-state index < -0.39 is 0 Å². The zero-order valence-corrected chi connectivity index (χ0v) is 12.0. The number of hydrogen-bond donors (Lipinski definition) is 1. The molecule has 0 bridgehead atoms. The van der Waals surface area contributed by atoms with Crippen molar-refractivity contribution in [2.24, 2.45) is 0 Å². The highest BCUT2D eigenvalue weighted by Gasteiger charge is 2.16. The molecule has 1 aliphatic rings. The molecule has 1 aromatic heterocycles. The average Bonchev–Trinajstić information content (AvgIpc) is 2.89.